The summed E-state index contributed by atoms with van der Waals surface area (Å²) in [7, 11) is -3.57. The molecule has 1 amide bonds. The monoisotopic (exact) mass is 364 g/mol. The molecule has 0 radical (unpaired) electrons. The lowest BCUT2D eigenvalue weighted by Crippen LogP contribution is -2.37. The number of amides is 1. The molecule has 6 heteroatoms. The van der Waals surface area contributed by atoms with Gasteiger partial charge in [-0.2, -0.15) is 0 Å². The number of hydrogen-bond donors (Lipinski definition) is 2. The Balaban J connectivity index is 1.66. The first-order chi connectivity index (χ1) is 11.9. The fourth-order valence-corrected chi connectivity index (χ4v) is 5.16. The maximum absolute atomic E-state index is 12.5. The number of rotatable bonds is 5. The van der Waals surface area contributed by atoms with E-state index in [2.05, 4.69) is 17.0 Å². The van der Waals surface area contributed by atoms with E-state index in [1.54, 1.807) is 18.2 Å². The number of nitrogens with one attached hydrogen (secondary N) is 2. The highest BCUT2D eigenvalue weighted by atomic mass is 32.2. The molecule has 0 spiro atoms. The number of sulfonamides is 1. The smallest absolute Gasteiger partial charge is 0.251 e. The van der Waals surface area contributed by atoms with E-state index < -0.39 is 10.0 Å². The standard InChI is InChI=1S/C19H28N2O3S/c1-14-9-11-16(12-10-14)20-19(22)15-5-4-8-18(13-15)25(23,24)21-17-6-2-3-7-17/h4-5,8,13-14,16-17,21H,2-3,6-7,9-12H2,1H3,(H,20,22). The molecule has 1 aromatic carbocycles. The highest BCUT2D eigenvalue weighted by Crippen LogP contribution is 2.24. The van der Waals surface area contributed by atoms with Crippen LogP contribution in [0.15, 0.2) is 29.2 Å². The van der Waals surface area contributed by atoms with Crippen molar-refractivity contribution < 1.29 is 13.2 Å². The van der Waals surface area contributed by atoms with E-state index in [1.807, 2.05) is 0 Å². The minimum absolute atomic E-state index is 0.0201. The molecule has 0 saturated heterocycles. The van der Waals surface area contributed by atoms with Crippen molar-refractivity contribution in [3.8, 4) is 0 Å². The molecule has 3 rings (SSSR count). The van der Waals surface area contributed by atoms with Gasteiger partial charge in [0.05, 0.1) is 4.90 Å². The molecule has 0 bridgehead atoms. The normalized spacial score (nSPS) is 25.0. The van der Waals surface area contributed by atoms with Crippen molar-refractivity contribution in [3.63, 3.8) is 0 Å². The van der Waals surface area contributed by atoms with Gasteiger partial charge in [0.15, 0.2) is 0 Å². The largest absolute Gasteiger partial charge is 0.349 e. The predicted octanol–water partition coefficient (Wildman–Crippen LogP) is 3.22. The summed E-state index contributed by atoms with van der Waals surface area (Å²) in [6.45, 7) is 2.24. The Hall–Kier alpha value is -1.40. The van der Waals surface area contributed by atoms with Crippen LogP contribution in [-0.4, -0.2) is 26.4 Å². The van der Waals surface area contributed by atoms with Crippen molar-refractivity contribution in [3.05, 3.63) is 29.8 Å². The van der Waals surface area contributed by atoms with Crippen LogP contribution in [-0.2, 0) is 10.0 Å². The fourth-order valence-electron chi connectivity index (χ4n) is 3.81. The van der Waals surface area contributed by atoms with Crippen molar-refractivity contribution in [1.29, 1.82) is 0 Å². The molecule has 0 heterocycles. The van der Waals surface area contributed by atoms with E-state index in [1.165, 1.54) is 6.07 Å². The Kier molecular flexibility index (Phi) is 5.79. The van der Waals surface area contributed by atoms with Gasteiger partial charge in [0, 0.05) is 17.6 Å². The third-order valence-corrected chi connectivity index (χ3v) is 6.95. The summed E-state index contributed by atoms with van der Waals surface area (Å²) < 4.78 is 27.9. The van der Waals surface area contributed by atoms with Gasteiger partial charge in [-0.25, -0.2) is 13.1 Å². The van der Waals surface area contributed by atoms with Crippen LogP contribution in [0.25, 0.3) is 0 Å². The van der Waals surface area contributed by atoms with E-state index >= 15 is 0 Å². The summed E-state index contributed by atoms with van der Waals surface area (Å²) in [4.78, 5) is 12.7. The SMILES string of the molecule is CC1CCC(NC(=O)c2cccc(S(=O)(=O)NC3CCCC3)c2)CC1. The van der Waals surface area contributed by atoms with Gasteiger partial charge in [0.2, 0.25) is 10.0 Å². The second kappa shape index (κ2) is 7.87. The fraction of sp³-hybridized carbons (Fsp3) is 0.632. The molecule has 25 heavy (non-hydrogen) atoms. The summed E-state index contributed by atoms with van der Waals surface area (Å²) in [5.74, 6) is 0.542. The number of benzene rings is 1. The molecule has 5 nitrogen and oxygen atoms in total. The average molecular weight is 365 g/mol. The number of hydrogen-bond acceptors (Lipinski definition) is 3. The molecule has 1 aromatic rings. The van der Waals surface area contributed by atoms with Crippen LogP contribution in [0.5, 0.6) is 0 Å². The zero-order valence-corrected chi connectivity index (χ0v) is 15.6. The molecule has 0 atom stereocenters. The van der Waals surface area contributed by atoms with Gasteiger partial charge >= 0.3 is 0 Å². The molecular weight excluding hydrogens is 336 g/mol. The topological polar surface area (TPSA) is 75.3 Å². The zero-order valence-electron chi connectivity index (χ0n) is 14.8. The molecule has 2 aliphatic carbocycles. The minimum Gasteiger partial charge on any atom is -0.349 e. The number of carbonyl (C=O) groups is 1. The molecule has 2 aliphatic rings. The first-order valence-corrected chi connectivity index (χ1v) is 10.9. The molecular formula is C19H28N2O3S. The van der Waals surface area contributed by atoms with Crippen molar-refractivity contribution in [2.45, 2.75) is 75.3 Å². The van der Waals surface area contributed by atoms with Crippen LogP contribution in [0.4, 0.5) is 0 Å². The van der Waals surface area contributed by atoms with Crippen molar-refractivity contribution in [1.82, 2.24) is 10.0 Å². The van der Waals surface area contributed by atoms with Crippen LogP contribution >= 0.6 is 0 Å². The van der Waals surface area contributed by atoms with Gasteiger partial charge in [-0.15, -0.1) is 0 Å². The maximum atomic E-state index is 12.5. The van der Waals surface area contributed by atoms with Gasteiger partial charge in [0.25, 0.3) is 5.91 Å². The van der Waals surface area contributed by atoms with Gasteiger partial charge < -0.3 is 5.32 Å². The third kappa shape index (κ3) is 4.82. The minimum atomic E-state index is -3.57. The van der Waals surface area contributed by atoms with Gasteiger partial charge in [-0.05, 0) is 62.6 Å². The Morgan fingerprint density at radius 3 is 2.36 bits per heavy atom. The highest BCUT2D eigenvalue weighted by Gasteiger charge is 2.24. The van der Waals surface area contributed by atoms with Crippen molar-refractivity contribution in [2.24, 2.45) is 5.92 Å². The molecule has 0 aliphatic heterocycles. The van der Waals surface area contributed by atoms with Crippen LogP contribution < -0.4 is 10.0 Å². The van der Waals surface area contributed by atoms with E-state index in [-0.39, 0.29) is 22.9 Å². The van der Waals surface area contributed by atoms with Gasteiger partial charge in [-0.3, -0.25) is 4.79 Å². The van der Waals surface area contributed by atoms with Crippen LogP contribution in [0.1, 0.15) is 68.6 Å². The first kappa shape index (κ1) is 18.4. The average Bonchev–Trinajstić information content (AvgIpc) is 3.09. The zero-order chi connectivity index (χ0) is 17.9. The van der Waals surface area contributed by atoms with Crippen LogP contribution in [0.3, 0.4) is 0 Å². The Morgan fingerprint density at radius 1 is 1.00 bits per heavy atom. The summed E-state index contributed by atoms with van der Waals surface area (Å²) in [5, 5.41) is 3.05. The molecule has 138 valence electrons. The van der Waals surface area contributed by atoms with Crippen LogP contribution in [0, 0.1) is 5.92 Å². The molecule has 2 N–H and O–H groups in total. The Labute approximate surface area is 150 Å². The van der Waals surface area contributed by atoms with E-state index in [4.69, 9.17) is 0 Å². The lowest BCUT2D eigenvalue weighted by Gasteiger charge is -2.27. The third-order valence-electron chi connectivity index (χ3n) is 5.43. The second-order valence-electron chi connectivity index (χ2n) is 7.56. The lowest BCUT2D eigenvalue weighted by atomic mass is 9.87. The molecule has 0 unspecified atom stereocenters. The molecule has 2 fully saturated rings. The summed E-state index contributed by atoms with van der Waals surface area (Å²) >= 11 is 0. The van der Waals surface area contributed by atoms with Crippen molar-refractivity contribution >= 4 is 15.9 Å². The van der Waals surface area contributed by atoms with E-state index in [9.17, 15) is 13.2 Å². The summed E-state index contributed by atoms with van der Waals surface area (Å²) in [6.07, 6.45) is 8.15. The van der Waals surface area contributed by atoms with Crippen molar-refractivity contribution in [2.75, 3.05) is 0 Å². The Morgan fingerprint density at radius 2 is 1.68 bits per heavy atom. The first-order valence-electron chi connectivity index (χ1n) is 9.37. The van der Waals surface area contributed by atoms with E-state index in [0.29, 0.717) is 5.56 Å². The molecule has 0 aromatic heterocycles. The quantitative estimate of drug-likeness (QED) is 0.842. The second-order valence-corrected chi connectivity index (χ2v) is 9.27. The van der Waals surface area contributed by atoms with Crippen LogP contribution in [0.2, 0.25) is 0 Å². The number of carbonyl (C=O) groups excluding carboxylic acids is 1. The maximum Gasteiger partial charge on any atom is 0.251 e. The Bertz CT molecular complexity index is 703. The van der Waals surface area contributed by atoms with E-state index in [0.717, 1.165) is 57.3 Å². The summed E-state index contributed by atoms with van der Waals surface area (Å²) in [5.41, 5.74) is 0.410. The summed E-state index contributed by atoms with van der Waals surface area (Å²) in [6, 6.07) is 6.57. The lowest BCUT2D eigenvalue weighted by molar-refractivity contribution is 0.0923. The molecule has 2 saturated carbocycles. The van der Waals surface area contributed by atoms with Gasteiger partial charge in [0.1, 0.15) is 0 Å². The van der Waals surface area contributed by atoms with Gasteiger partial charge in [-0.1, -0.05) is 25.8 Å². The highest BCUT2D eigenvalue weighted by molar-refractivity contribution is 7.89. The predicted molar refractivity (Wildman–Crippen MR) is 97.9 cm³/mol.